The zero-order valence-electron chi connectivity index (χ0n) is 15.0. The molecule has 4 atom stereocenters. The second kappa shape index (κ2) is 5.84. The Hall–Kier alpha value is -1.88. The number of carbonyl (C=O) groups is 2. The third-order valence-corrected chi connectivity index (χ3v) is 6.47. The smallest absolute Gasteiger partial charge is 0.331 e. The first-order valence-electron chi connectivity index (χ1n) is 8.85. The van der Waals surface area contributed by atoms with Gasteiger partial charge >= 0.3 is 11.9 Å². The summed E-state index contributed by atoms with van der Waals surface area (Å²) in [4.78, 5) is 23.9. The molecule has 136 valence electrons. The van der Waals surface area contributed by atoms with Crippen LogP contribution in [0.5, 0.6) is 0 Å². The molecule has 0 spiro atoms. The van der Waals surface area contributed by atoms with Gasteiger partial charge in [-0.05, 0) is 59.0 Å². The minimum absolute atomic E-state index is 0.188. The predicted molar refractivity (Wildman–Crippen MR) is 92.7 cm³/mol. The van der Waals surface area contributed by atoms with Crippen molar-refractivity contribution in [3.8, 4) is 0 Å². The molecule has 1 saturated carbocycles. The average Bonchev–Trinajstić information content (AvgIpc) is 2.69. The van der Waals surface area contributed by atoms with Gasteiger partial charge < -0.3 is 14.9 Å². The molecular formula is C20H26O5. The number of rotatable bonds is 3. The normalized spacial score (nSPS) is 41.1. The molecule has 2 N–H and O–H groups in total. The van der Waals surface area contributed by atoms with Crippen LogP contribution < -0.4 is 0 Å². The van der Waals surface area contributed by atoms with Gasteiger partial charge in [0.25, 0.3) is 0 Å². The summed E-state index contributed by atoms with van der Waals surface area (Å²) < 4.78 is 5.83. The Morgan fingerprint density at radius 1 is 1.40 bits per heavy atom. The summed E-state index contributed by atoms with van der Waals surface area (Å²) >= 11 is 0. The Kier molecular flexibility index (Phi) is 4.18. The standard InChI is InChI=1S/C20H26O5/c1-13-6-10-19-11-8-15(20(19,24)12-7-13)18(3,25-17(19)23)9-4-5-14(2)16(21)22/h4-6,9,15,24H,7-8,10-12H2,1-3H3,(H,21,22)/t15-,18+,19+,20-/m0/s1. The highest BCUT2D eigenvalue weighted by molar-refractivity contribution is 5.86. The first-order valence-corrected chi connectivity index (χ1v) is 8.85. The molecule has 25 heavy (non-hydrogen) atoms. The lowest BCUT2D eigenvalue weighted by atomic mass is 9.62. The highest BCUT2D eigenvalue weighted by Gasteiger charge is 2.71. The topological polar surface area (TPSA) is 83.8 Å². The average molecular weight is 346 g/mol. The Balaban J connectivity index is 1.97. The van der Waals surface area contributed by atoms with Crippen LogP contribution in [0.1, 0.15) is 52.9 Å². The lowest BCUT2D eigenvalue weighted by Gasteiger charge is -2.52. The number of allylic oxidation sites excluding steroid dienone is 4. The summed E-state index contributed by atoms with van der Waals surface area (Å²) in [5.74, 6) is -1.51. The maximum Gasteiger partial charge on any atom is 0.331 e. The molecule has 1 saturated heterocycles. The summed E-state index contributed by atoms with van der Waals surface area (Å²) in [6.45, 7) is 5.36. The molecule has 3 rings (SSSR count). The highest BCUT2D eigenvalue weighted by atomic mass is 16.6. The summed E-state index contributed by atoms with van der Waals surface area (Å²) in [6, 6.07) is 0. The van der Waals surface area contributed by atoms with E-state index < -0.39 is 22.6 Å². The summed E-state index contributed by atoms with van der Waals surface area (Å²) in [7, 11) is 0. The van der Waals surface area contributed by atoms with Gasteiger partial charge in [0.2, 0.25) is 0 Å². The van der Waals surface area contributed by atoms with Crippen molar-refractivity contribution in [1.82, 2.24) is 0 Å². The SMILES string of the molecule is CC1=CC[C@@]23CC[C@@H]([C@@](C)(C=CC=C(C)C(=O)O)OC2=O)[C@@]3(O)CC1. The molecule has 0 unspecified atom stereocenters. The van der Waals surface area contributed by atoms with Crippen LogP contribution in [0.25, 0.3) is 0 Å². The van der Waals surface area contributed by atoms with Crippen LogP contribution in [-0.4, -0.2) is 33.4 Å². The van der Waals surface area contributed by atoms with E-state index >= 15 is 0 Å². The van der Waals surface area contributed by atoms with Gasteiger partial charge in [-0.15, -0.1) is 0 Å². The minimum Gasteiger partial charge on any atom is -0.478 e. The quantitative estimate of drug-likeness (QED) is 0.355. The summed E-state index contributed by atoms with van der Waals surface area (Å²) in [6.07, 6.45) is 10.1. The van der Waals surface area contributed by atoms with Gasteiger partial charge in [-0.3, -0.25) is 4.79 Å². The van der Waals surface area contributed by atoms with Crippen LogP contribution in [-0.2, 0) is 14.3 Å². The molecule has 3 aliphatic rings. The zero-order chi connectivity index (χ0) is 18.5. The van der Waals surface area contributed by atoms with Crippen molar-refractivity contribution in [2.24, 2.45) is 11.3 Å². The van der Waals surface area contributed by atoms with Crippen LogP contribution >= 0.6 is 0 Å². The lowest BCUT2D eigenvalue weighted by Crippen LogP contribution is -2.63. The monoisotopic (exact) mass is 346 g/mol. The lowest BCUT2D eigenvalue weighted by molar-refractivity contribution is -0.224. The maximum atomic E-state index is 12.9. The molecule has 5 nitrogen and oxygen atoms in total. The van der Waals surface area contributed by atoms with Crippen LogP contribution in [0.4, 0.5) is 0 Å². The van der Waals surface area contributed by atoms with Crippen molar-refractivity contribution < 1.29 is 24.5 Å². The second-order valence-corrected chi connectivity index (χ2v) is 7.94. The second-order valence-electron chi connectivity index (χ2n) is 7.94. The van der Waals surface area contributed by atoms with Crippen LogP contribution in [0.2, 0.25) is 0 Å². The fourth-order valence-corrected chi connectivity index (χ4v) is 4.81. The highest BCUT2D eigenvalue weighted by Crippen LogP contribution is 2.63. The number of carboxylic acids is 1. The Morgan fingerprint density at radius 2 is 2.12 bits per heavy atom. The van der Waals surface area contributed by atoms with Gasteiger partial charge in [0.15, 0.2) is 0 Å². The van der Waals surface area contributed by atoms with Crippen molar-refractivity contribution in [3.05, 3.63) is 35.5 Å². The van der Waals surface area contributed by atoms with Crippen molar-refractivity contribution >= 4 is 11.9 Å². The van der Waals surface area contributed by atoms with Gasteiger partial charge in [-0.2, -0.15) is 0 Å². The van der Waals surface area contributed by atoms with E-state index in [4.69, 9.17) is 9.84 Å². The molecule has 2 fully saturated rings. The molecule has 0 aromatic heterocycles. The number of carbonyl (C=O) groups excluding carboxylic acids is 1. The van der Waals surface area contributed by atoms with Gasteiger partial charge in [-0.25, -0.2) is 4.79 Å². The van der Waals surface area contributed by atoms with E-state index in [1.807, 2.05) is 13.8 Å². The van der Waals surface area contributed by atoms with Crippen LogP contribution in [0.15, 0.2) is 35.5 Å². The minimum atomic E-state index is -1.08. The molecule has 2 aliphatic carbocycles. The fraction of sp³-hybridized carbons (Fsp3) is 0.600. The van der Waals surface area contributed by atoms with Crippen molar-refractivity contribution in [3.63, 3.8) is 0 Å². The van der Waals surface area contributed by atoms with E-state index in [2.05, 4.69) is 6.08 Å². The van der Waals surface area contributed by atoms with E-state index in [0.29, 0.717) is 19.3 Å². The number of carboxylic acid groups (broad SMARTS) is 1. The molecule has 1 heterocycles. The Morgan fingerprint density at radius 3 is 2.80 bits per heavy atom. The third kappa shape index (κ3) is 2.56. The van der Waals surface area contributed by atoms with E-state index in [1.54, 1.807) is 12.2 Å². The number of aliphatic carboxylic acids is 1. The van der Waals surface area contributed by atoms with Crippen molar-refractivity contribution in [1.29, 1.82) is 0 Å². The van der Waals surface area contributed by atoms with Crippen molar-refractivity contribution in [2.75, 3.05) is 0 Å². The van der Waals surface area contributed by atoms with E-state index in [1.165, 1.54) is 18.6 Å². The number of ether oxygens (including phenoxy) is 1. The Bertz CT molecular complexity index is 703. The summed E-state index contributed by atoms with van der Waals surface area (Å²) in [5.41, 5.74) is -1.44. The number of hydrogen-bond donors (Lipinski definition) is 2. The van der Waals surface area contributed by atoms with Crippen LogP contribution in [0.3, 0.4) is 0 Å². The molecule has 1 aliphatic heterocycles. The van der Waals surface area contributed by atoms with E-state index in [0.717, 1.165) is 12.8 Å². The Labute approximate surface area is 148 Å². The molecule has 5 heteroatoms. The van der Waals surface area contributed by atoms with Crippen molar-refractivity contribution in [2.45, 2.75) is 64.1 Å². The van der Waals surface area contributed by atoms with Gasteiger partial charge in [0, 0.05) is 11.5 Å². The zero-order valence-corrected chi connectivity index (χ0v) is 15.0. The molecule has 0 amide bonds. The largest absolute Gasteiger partial charge is 0.478 e. The summed E-state index contributed by atoms with van der Waals surface area (Å²) in [5, 5.41) is 20.6. The maximum absolute atomic E-state index is 12.9. The first kappa shape index (κ1) is 17.9. The number of aliphatic hydroxyl groups is 1. The third-order valence-electron chi connectivity index (χ3n) is 6.47. The van der Waals surface area contributed by atoms with Gasteiger partial charge in [0.1, 0.15) is 11.0 Å². The molecule has 0 aromatic carbocycles. The molecule has 0 aromatic rings. The molecular weight excluding hydrogens is 320 g/mol. The number of esters is 1. The molecule has 2 bridgehead atoms. The van der Waals surface area contributed by atoms with E-state index in [9.17, 15) is 14.7 Å². The predicted octanol–water partition coefficient (Wildman–Crippen LogP) is 3.15. The van der Waals surface area contributed by atoms with Crippen LogP contribution in [0, 0.1) is 11.3 Å². The first-order chi connectivity index (χ1) is 11.6. The van der Waals surface area contributed by atoms with E-state index in [-0.39, 0.29) is 17.5 Å². The van der Waals surface area contributed by atoms with Gasteiger partial charge in [0.05, 0.1) is 5.60 Å². The fourth-order valence-electron chi connectivity index (χ4n) is 4.81. The molecule has 0 radical (unpaired) electrons. The van der Waals surface area contributed by atoms with Gasteiger partial charge in [-0.1, -0.05) is 23.8 Å². The number of cyclic esters (lactones) is 1. The number of hydrogen-bond acceptors (Lipinski definition) is 4.